The van der Waals surface area contributed by atoms with Gasteiger partial charge in [-0.2, -0.15) is 0 Å². The summed E-state index contributed by atoms with van der Waals surface area (Å²) in [6.07, 6.45) is 3.78. The molecule has 1 heterocycles. The Morgan fingerprint density at radius 1 is 1.14 bits per heavy atom. The number of rotatable bonds is 0. The number of ketones is 1. The van der Waals surface area contributed by atoms with Gasteiger partial charge in [0.2, 0.25) is 0 Å². The molecule has 2 nitrogen and oxygen atoms in total. The van der Waals surface area contributed by atoms with Crippen molar-refractivity contribution in [2.24, 2.45) is 5.92 Å². The summed E-state index contributed by atoms with van der Waals surface area (Å²) in [5, 5.41) is 10.7. The SMILES string of the molecule is O=C1CCCC2C1=C(O)c1ccccc1C21SCCCS1. The molecule has 1 aromatic rings. The van der Waals surface area contributed by atoms with Crippen molar-refractivity contribution in [2.75, 3.05) is 11.5 Å². The molecule has 1 atom stereocenters. The molecule has 0 amide bonds. The van der Waals surface area contributed by atoms with Crippen molar-refractivity contribution in [3.8, 4) is 0 Å². The first kappa shape index (κ1) is 13.8. The van der Waals surface area contributed by atoms with E-state index in [2.05, 4.69) is 12.1 Å². The molecule has 1 N–H and O–H groups in total. The summed E-state index contributed by atoms with van der Waals surface area (Å²) in [6, 6.07) is 8.12. The van der Waals surface area contributed by atoms with Crippen LogP contribution < -0.4 is 0 Å². The lowest BCUT2D eigenvalue weighted by Gasteiger charge is -2.48. The average molecular weight is 318 g/mol. The van der Waals surface area contributed by atoms with Gasteiger partial charge in [0.15, 0.2) is 5.78 Å². The number of hydrogen-bond acceptors (Lipinski definition) is 4. The van der Waals surface area contributed by atoms with Crippen LogP contribution in [0, 0.1) is 5.92 Å². The number of aliphatic hydroxyl groups is 1. The number of Topliss-reactive ketones (excluding diaryl/α,β-unsaturated/α-hetero) is 1. The molecule has 0 aromatic heterocycles. The smallest absolute Gasteiger partial charge is 0.162 e. The van der Waals surface area contributed by atoms with Crippen LogP contribution in [0.5, 0.6) is 0 Å². The Hall–Kier alpha value is -0.870. The molecule has 4 rings (SSSR count). The van der Waals surface area contributed by atoms with Crippen LogP contribution in [0.1, 0.15) is 36.8 Å². The van der Waals surface area contributed by atoms with Gasteiger partial charge in [0.25, 0.3) is 0 Å². The molecule has 21 heavy (non-hydrogen) atoms. The van der Waals surface area contributed by atoms with E-state index in [-0.39, 0.29) is 21.5 Å². The van der Waals surface area contributed by atoms with Crippen molar-refractivity contribution in [3.63, 3.8) is 0 Å². The van der Waals surface area contributed by atoms with Crippen molar-refractivity contribution in [3.05, 3.63) is 41.0 Å². The molecule has 1 aromatic carbocycles. The zero-order valence-electron chi connectivity index (χ0n) is 11.8. The first-order valence-corrected chi connectivity index (χ1v) is 9.55. The molecule has 1 unspecified atom stereocenters. The van der Waals surface area contributed by atoms with Gasteiger partial charge in [0, 0.05) is 23.5 Å². The van der Waals surface area contributed by atoms with E-state index < -0.39 is 0 Å². The third-order valence-corrected chi connectivity index (χ3v) is 8.30. The Morgan fingerprint density at radius 2 is 1.90 bits per heavy atom. The lowest BCUT2D eigenvalue weighted by molar-refractivity contribution is -0.117. The summed E-state index contributed by atoms with van der Waals surface area (Å²) >= 11 is 3.97. The number of carbonyl (C=O) groups excluding carboxylic acids is 1. The van der Waals surface area contributed by atoms with E-state index in [4.69, 9.17) is 0 Å². The summed E-state index contributed by atoms with van der Waals surface area (Å²) in [5.41, 5.74) is 2.81. The van der Waals surface area contributed by atoms with E-state index in [0.29, 0.717) is 12.0 Å². The molecule has 1 spiro atoms. The third-order valence-electron chi connectivity index (χ3n) is 4.74. The number of benzene rings is 1. The number of allylic oxidation sites excluding steroid dienone is 1. The minimum absolute atomic E-state index is 0.0630. The second-order valence-electron chi connectivity index (χ2n) is 5.89. The summed E-state index contributed by atoms with van der Waals surface area (Å²) in [6.45, 7) is 0. The highest BCUT2D eigenvalue weighted by Crippen LogP contribution is 2.63. The van der Waals surface area contributed by atoms with Crippen molar-refractivity contribution >= 4 is 35.1 Å². The van der Waals surface area contributed by atoms with Gasteiger partial charge in [-0.05, 0) is 36.3 Å². The van der Waals surface area contributed by atoms with Crippen LogP contribution in [0.4, 0.5) is 0 Å². The molecule has 110 valence electrons. The van der Waals surface area contributed by atoms with Crippen LogP contribution in [0.25, 0.3) is 5.76 Å². The molecule has 1 saturated heterocycles. The minimum atomic E-state index is -0.0630. The number of carbonyl (C=O) groups is 1. The van der Waals surface area contributed by atoms with Crippen molar-refractivity contribution in [1.29, 1.82) is 0 Å². The van der Waals surface area contributed by atoms with E-state index >= 15 is 0 Å². The summed E-state index contributed by atoms with van der Waals surface area (Å²) < 4.78 is -0.0630. The van der Waals surface area contributed by atoms with Crippen LogP contribution in [0.3, 0.4) is 0 Å². The van der Waals surface area contributed by atoms with Gasteiger partial charge in [-0.3, -0.25) is 4.79 Å². The summed E-state index contributed by atoms with van der Waals surface area (Å²) in [4.78, 5) is 12.4. The van der Waals surface area contributed by atoms with E-state index in [1.807, 2.05) is 35.7 Å². The Labute approximate surface area is 133 Å². The molecule has 0 radical (unpaired) electrons. The molecule has 1 aliphatic heterocycles. The summed E-state index contributed by atoms with van der Waals surface area (Å²) in [7, 11) is 0. The predicted octanol–water partition coefficient (Wildman–Crippen LogP) is 4.36. The fourth-order valence-corrected chi connectivity index (χ4v) is 7.59. The fraction of sp³-hybridized carbons (Fsp3) is 0.471. The number of hydrogen-bond donors (Lipinski definition) is 1. The quantitative estimate of drug-likeness (QED) is 0.771. The fourth-order valence-electron chi connectivity index (χ4n) is 3.85. The molecular formula is C17H18O2S2. The van der Waals surface area contributed by atoms with Crippen molar-refractivity contribution in [1.82, 2.24) is 0 Å². The van der Waals surface area contributed by atoms with Gasteiger partial charge >= 0.3 is 0 Å². The Kier molecular flexibility index (Phi) is 3.34. The van der Waals surface area contributed by atoms with Crippen molar-refractivity contribution < 1.29 is 9.90 Å². The van der Waals surface area contributed by atoms with Crippen LogP contribution in [0.15, 0.2) is 29.8 Å². The first-order chi connectivity index (χ1) is 10.2. The largest absolute Gasteiger partial charge is 0.507 e. The highest BCUT2D eigenvalue weighted by Gasteiger charge is 2.52. The average Bonchev–Trinajstić information content (AvgIpc) is 2.54. The molecule has 4 heteroatoms. The Balaban J connectivity index is 1.97. The van der Waals surface area contributed by atoms with Crippen LogP contribution in [0.2, 0.25) is 0 Å². The van der Waals surface area contributed by atoms with Crippen LogP contribution in [-0.2, 0) is 8.87 Å². The Morgan fingerprint density at radius 3 is 2.71 bits per heavy atom. The van der Waals surface area contributed by atoms with E-state index in [1.165, 1.54) is 12.0 Å². The number of fused-ring (bicyclic) bond motifs is 4. The van der Waals surface area contributed by atoms with Gasteiger partial charge in [0.05, 0.1) is 4.08 Å². The highest BCUT2D eigenvalue weighted by atomic mass is 32.2. The minimum Gasteiger partial charge on any atom is -0.507 e. The number of thioether (sulfide) groups is 2. The lowest BCUT2D eigenvalue weighted by atomic mass is 9.73. The van der Waals surface area contributed by atoms with Gasteiger partial charge < -0.3 is 5.11 Å². The first-order valence-electron chi connectivity index (χ1n) is 7.58. The molecule has 1 saturated carbocycles. The molecule has 3 aliphatic rings. The highest BCUT2D eigenvalue weighted by molar-refractivity contribution is 8.18. The van der Waals surface area contributed by atoms with Gasteiger partial charge in [-0.15, -0.1) is 23.5 Å². The predicted molar refractivity (Wildman–Crippen MR) is 89.5 cm³/mol. The maximum atomic E-state index is 12.4. The zero-order chi connectivity index (χ0) is 14.4. The standard InChI is InChI=1S/C17H18O2S2/c18-14-8-3-7-13-15(14)16(19)11-5-1-2-6-12(11)17(13)20-9-4-10-21-17/h1-2,5-6,13,19H,3-4,7-10H2. The molecule has 2 fully saturated rings. The van der Waals surface area contributed by atoms with Gasteiger partial charge in [-0.1, -0.05) is 24.3 Å². The normalized spacial score (nSPS) is 27.4. The second-order valence-corrected chi connectivity index (χ2v) is 8.83. The van der Waals surface area contributed by atoms with Gasteiger partial charge in [0.1, 0.15) is 5.76 Å². The van der Waals surface area contributed by atoms with E-state index in [9.17, 15) is 9.90 Å². The topological polar surface area (TPSA) is 37.3 Å². The van der Waals surface area contributed by atoms with Crippen LogP contribution in [-0.4, -0.2) is 22.4 Å². The van der Waals surface area contributed by atoms with E-state index in [1.54, 1.807) is 0 Å². The van der Waals surface area contributed by atoms with E-state index in [0.717, 1.165) is 29.9 Å². The van der Waals surface area contributed by atoms with Crippen molar-refractivity contribution in [2.45, 2.75) is 29.8 Å². The molecular weight excluding hydrogens is 300 g/mol. The second kappa shape index (κ2) is 5.10. The molecule has 2 aliphatic carbocycles. The maximum absolute atomic E-state index is 12.4. The lowest BCUT2D eigenvalue weighted by Crippen LogP contribution is -2.41. The summed E-state index contributed by atoms with van der Waals surface area (Å²) in [5.74, 6) is 2.85. The van der Waals surface area contributed by atoms with Crippen LogP contribution >= 0.6 is 23.5 Å². The number of aliphatic hydroxyl groups excluding tert-OH is 1. The Bertz CT molecular complexity index is 629. The zero-order valence-corrected chi connectivity index (χ0v) is 13.4. The molecule has 0 bridgehead atoms. The van der Waals surface area contributed by atoms with Gasteiger partial charge in [-0.25, -0.2) is 0 Å². The third kappa shape index (κ3) is 1.92. The maximum Gasteiger partial charge on any atom is 0.162 e. The monoisotopic (exact) mass is 318 g/mol.